The van der Waals surface area contributed by atoms with Crippen molar-refractivity contribution in [3.05, 3.63) is 0 Å². The van der Waals surface area contributed by atoms with Crippen LogP contribution in [0.2, 0.25) is 25.2 Å². The lowest BCUT2D eigenvalue weighted by molar-refractivity contribution is -0.141. The molecule has 0 aromatic rings. The molecule has 0 radical (unpaired) electrons. The predicted octanol–water partition coefficient (Wildman–Crippen LogP) is 3.04. The molecule has 2 saturated carbocycles. The van der Waals surface area contributed by atoms with E-state index in [0.29, 0.717) is 24.3 Å². The van der Waals surface area contributed by atoms with E-state index in [4.69, 9.17) is 0 Å². The molecule has 3 atom stereocenters. The van der Waals surface area contributed by atoms with Crippen LogP contribution >= 0.6 is 0 Å². The van der Waals surface area contributed by atoms with Crippen molar-refractivity contribution in [2.45, 2.75) is 57.8 Å². The van der Waals surface area contributed by atoms with Gasteiger partial charge in [-0.05, 0) is 31.2 Å². The van der Waals surface area contributed by atoms with Crippen molar-refractivity contribution >= 4 is 19.6 Å². The molecule has 90 valence electrons. The van der Waals surface area contributed by atoms with Gasteiger partial charge in [-0.15, -0.1) is 0 Å². The summed E-state index contributed by atoms with van der Waals surface area (Å²) < 4.78 is 0. The van der Waals surface area contributed by atoms with Crippen LogP contribution in [0.15, 0.2) is 0 Å². The minimum absolute atomic E-state index is 0.205. The fourth-order valence-electron chi connectivity index (χ4n) is 3.34. The van der Waals surface area contributed by atoms with E-state index in [2.05, 4.69) is 19.6 Å². The van der Waals surface area contributed by atoms with Gasteiger partial charge in [-0.3, -0.25) is 9.59 Å². The maximum atomic E-state index is 12.3. The average molecular weight is 238 g/mol. The number of hydrogen-bond acceptors (Lipinski definition) is 2. The highest BCUT2D eigenvalue weighted by atomic mass is 28.3. The fourth-order valence-corrected chi connectivity index (χ4v) is 5.13. The van der Waals surface area contributed by atoms with Crippen LogP contribution in [0.3, 0.4) is 0 Å². The van der Waals surface area contributed by atoms with Gasteiger partial charge in [-0.2, -0.15) is 0 Å². The lowest BCUT2D eigenvalue weighted by Gasteiger charge is -2.41. The summed E-state index contributed by atoms with van der Waals surface area (Å²) in [7, 11) is -1.25. The molecule has 2 aliphatic rings. The van der Waals surface area contributed by atoms with Crippen molar-refractivity contribution in [3.8, 4) is 0 Å². The van der Waals surface area contributed by atoms with Crippen molar-refractivity contribution in [1.29, 1.82) is 0 Å². The number of ketones is 2. The molecule has 0 N–H and O–H groups in total. The van der Waals surface area contributed by atoms with Gasteiger partial charge in [-0.1, -0.05) is 19.6 Å². The Balaban J connectivity index is 2.26. The monoisotopic (exact) mass is 238 g/mol. The summed E-state index contributed by atoms with van der Waals surface area (Å²) in [5, 5.41) is 0. The SMILES string of the molecule is C[C@@]12C(=O)CC[C@@H]1C[C@@H]([Si](C)(C)C)CC2=O. The predicted molar refractivity (Wildman–Crippen MR) is 67.2 cm³/mol. The number of Topliss-reactive ketones (excluding diaryl/α,β-unsaturated/α-hetero) is 2. The fraction of sp³-hybridized carbons (Fsp3) is 0.846. The summed E-state index contributed by atoms with van der Waals surface area (Å²) in [5.74, 6) is 0.785. The van der Waals surface area contributed by atoms with Gasteiger partial charge in [0.2, 0.25) is 0 Å². The summed E-state index contributed by atoms with van der Waals surface area (Å²) in [6.07, 6.45) is 3.35. The van der Waals surface area contributed by atoms with Gasteiger partial charge >= 0.3 is 0 Å². The molecular formula is C13H22O2Si. The molecule has 0 aliphatic heterocycles. The third-order valence-electron chi connectivity index (χ3n) is 4.92. The first-order chi connectivity index (χ1) is 7.26. The van der Waals surface area contributed by atoms with E-state index in [0.717, 1.165) is 12.8 Å². The van der Waals surface area contributed by atoms with Gasteiger partial charge in [0.25, 0.3) is 0 Å². The first-order valence-electron chi connectivity index (χ1n) is 6.33. The Kier molecular flexibility index (Phi) is 2.65. The lowest BCUT2D eigenvalue weighted by atomic mass is 9.68. The standard InChI is InChI=1S/C13H22O2Si/c1-13-9(5-6-11(13)14)7-10(8-12(13)15)16(2,3)4/h9-10H,5-8H2,1-4H3/t9-,10-,13+/m1/s1. The second kappa shape index (κ2) is 3.52. The number of rotatable bonds is 1. The van der Waals surface area contributed by atoms with Gasteiger partial charge in [0, 0.05) is 20.9 Å². The zero-order valence-electron chi connectivity index (χ0n) is 10.8. The topological polar surface area (TPSA) is 34.1 Å². The molecule has 0 aromatic carbocycles. The molecular weight excluding hydrogens is 216 g/mol. The summed E-state index contributed by atoms with van der Waals surface area (Å²) in [6, 6.07) is 0. The molecule has 0 unspecified atom stereocenters. The zero-order chi connectivity index (χ0) is 12.1. The largest absolute Gasteiger partial charge is 0.299 e. The van der Waals surface area contributed by atoms with Crippen molar-refractivity contribution in [1.82, 2.24) is 0 Å². The number of carbonyl (C=O) groups excluding carboxylic acids is 2. The third-order valence-corrected chi connectivity index (χ3v) is 7.81. The van der Waals surface area contributed by atoms with Crippen molar-refractivity contribution in [3.63, 3.8) is 0 Å². The molecule has 16 heavy (non-hydrogen) atoms. The second-order valence-electron chi connectivity index (χ2n) is 6.79. The first-order valence-corrected chi connectivity index (χ1v) is 9.90. The van der Waals surface area contributed by atoms with Gasteiger partial charge in [0.1, 0.15) is 11.6 Å². The van der Waals surface area contributed by atoms with E-state index >= 15 is 0 Å². The molecule has 3 heteroatoms. The normalized spacial score (nSPS) is 40.0. The van der Waals surface area contributed by atoms with Crippen molar-refractivity contribution in [2.75, 3.05) is 0 Å². The lowest BCUT2D eigenvalue weighted by Crippen LogP contribution is -2.46. The number of carbonyl (C=O) groups is 2. The molecule has 2 fully saturated rings. The third kappa shape index (κ3) is 1.60. The molecule has 2 aliphatic carbocycles. The molecule has 0 spiro atoms. The zero-order valence-corrected chi connectivity index (χ0v) is 11.8. The highest BCUT2D eigenvalue weighted by Crippen LogP contribution is 2.53. The van der Waals surface area contributed by atoms with Crippen LogP contribution in [0, 0.1) is 11.3 Å². The molecule has 2 rings (SSSR count). The quantitative estimate of drug-likeness (QED) is 0.520. The Morgan fingerprint density at radius 2 is 1.81 bits per heavy atom. The van der Waals surface area contributed by atoms with Crippen LogP contribution in [0.1, 0.15) is 32.6 Å². The highest BCUT2D eigenvalue weighted by molar-refractivity contribution is 6.77. The van der Waals surface area contributed by atoms with E-state index in [9.17, 15) is 9.59 Å². The summed E-state index contributed by atoms with van der Waals surface area (Å²) in [4.78, 5) is 24.2. The number of hydrogen-bond donors (Lipinski definition) is 0. The van der Waals surface area contributed by atoms with Crippen LogP contribution in [0.25, 0.3) is 0 Å². The maximum Gasteiger partial charge on any atom is 0.146 e. The molecule has 0 amide bonds. The molecule has 0 bridgehead atoms. The molecule has 0 aromatic heterocycles. The minimum Gasteiger partial charge on any atom is -0.299 e. The van der Waals surface area contributed by atoms with Gasteiger partial charge in [0.05, 0.1) is 5.41 Å². The number of fused-ring (bicyclic) bond motifs is 1. The highest BCUT2D eigenvalue weighted by Gasteiger charge is 2.55. The molecule has 0 heterocycles. The Labute approximate surface area is 98.8 Å². The van der Waals surface area contributed by atoms with E-state index in [1.807, 2.05) is 6.92 Å². The molecule has 0 saturated heterocycles. The summed E-state index contributed by atoms with van der Waals surface area (Å²) in [5.41, 5.74) is -0.0140. The van der Waals surface area contributed by atoms with E-state index < -0.39 is 13.5 Å². The Morgan fingerprint density at radius 1 is 1.19 bits per heavy atom. The second-order valence-corrected chi connectivity index (χ2v) is 12.3. The van der Waals surface area contributed by atoms with Gasteiger partial charge < -0.3 is 0 Å². The van der Waals surface area contributed by atoms with Gasteiger partial charge in [-0.25, -0.2) is 0 Å². The Bertz CT molecular complexity index is 342. The van der Waals surface area contributed by atoms with Crippen LogP contribution in [0.4, 0.5) is 0 Å². The average Bonchev–Trinajstić information content (AvgIpc) is 2.44. The Morgan fingerprint density at radius 3 is 2.38 bits per heavy atom. The van der Waals surface area contributed by atoms with E-state index in [1.165, 1.54) is 0 Å². The minimum atomic E-state index is -1.25. The Hall–Kier alpha value is -0.443. The van der Waals surface area contributed by atoms with Crippen LogP contribution in [0.5, 0.6) is 0 Å². The van der Waals surface area contributed by atoms with Crippen molar-refractivity contribution in [2.24, 2.45) is 11.3 Å². The van der Waals surface area contributed by atoms with Crippen LogP contribution in [-0.2, 0) is 9.59 Å². The summed E-state index contributed by atoms with van der Waals surface area (Å²) >= 11 is 0. The maximum absolute atomic E-state index is 12.3. The van der Waals surface area contributed by atoms with Crippen LogP contribution < -0.4 is 0 Å². The van der Waals surface area contributed by atoms with Gasteiger partial charge in [0.15, 0.2) is 0 Å². The van der Waals surface area contributed by atoms with E-state index in [-0.39, 0.29) is 11.6 Å². The first kappa shape index (κ1) is 12.0. The summed E-state index contributed by atoms with van der Waals surface area (Å²) in [6.45, 7) is 8.91. The smallest absolute Gasteiger partial charge is 0.146 e. The van der Waals surface area contributed by atoms with Crippen LogP contribution in [-0.4, -0.2) is 19.6 Å². The molecule has 2 nitrogen and oxygen atoms in total. The van der Waals surface area contributed by atoms with Crippen molar-refractivity contribution < 1.29 is 9.59 Å². The van der Waals surface area contributed by atoms with E-state index in [1.54, 1.807) is 0 Å².